The van der Waals surface area contributed by atoms with Crippen molar-refractivity contribution in [2.24, 2.45) is 5.11 Å². The van der Waals surface area contributed by atoms with E-state index in [1.807, 2.05) is 13.0 Å². The molecule has 19 heavy (non-hydrogen) atoms. The van der Waals surface area contributed by atoms with E-state index in [1.54, 1.807) is 19.3 Å². The Kier molecular flexibility index (Phi) is 6.35. The molecule has 0 fully saturated rings. The fourth-order valence-corrected chi connectivity index (χ4v) is 1.63. The van der Waals surface area contributed by atoms with Gasteiger partial charge in [0, 0.05) is 36.0 Å². The molecule has 7 heteroatoms. The average Bonchev–Trinajstić information content (AvgIpc) is 2.40. The lowest BCUT2D eigenvalue weighted by Crippen LogP contribution is -2.32. The van der Waals surface area contributed by atoms with Crippen molar-refractivity contribution in [3.63, 3.8) is 0 Å². The highest BCUT2D eigenvalue weighted by Gasteiger charge is 2.22. The molecule has 0 aliphatic rings. The van der Waals surface area contributed by atoms with Crippen molar-refractivity contribution >= 4 is 5.97 Å². The van der Waals surface area contributed by atoms with Crippen molar-refractivity contribution in [2.45, 2.75) is 19.9 Å². The number of ether oxygens (including phenoxy) is 1. The summed E-state index contributed by atoms with van der Waals surface area (Å²) < 4.78 is 5.04. The molecule has 1 N–H and O–H groups in total. The average molecular weight is 263 g/mol. The molecule has 0 amide bonds. The normalized spacial score (nSPS) is 11.5. The number of aromatic nitrogens is 1. The van der Waals surface area contributed by atoms with Gasteiger partial charge in [0.15, 0.2) is 0 Å². The lowest BCUT2D eigenvalue weighted by molar-refractivity contribution is -0.145. The van der Waals surface area contributed by atoms with Crippen LogP contribution in [0.2, 0.25) is 0 Å². The summed E-state index contributed by atoms with van der Waals surface area (Å²) in [6, 6.07) is 1.24. The van der Waals surface area contributed by atoms with Gasteiger partial charge in [-0.3, -0.25) is 4.98 Å². The van der Waals surface area contributed by atoms with E-state index < -0.39 is 6.04 Å². The van der Waals surface area contributed by atoms with E-state index in [-0.39, 0.29) is 12.5 Å². The Morgan fingerprint density at radius 2 is 2.47 bits per heavy atom. The third kappa shape index (κ3) is 4.57. The molecule has 0 spiro atoms. The molecule has 7 nitrogen and oxygen atoms in total. The molecule has 1 aromatic heterocycles. The minimum absolute atomic E-state index is 0.270. The summed E-state index contributed by atoms with van der Waals surface area (Å²) in [5, 5.41) is 6.43. The molecular weight excluding hydrogens is 246 g/mol. The van der Waals surface area contributed by atoms with Crippen LogP contribution < -0.4 is 5.32 Å². The predicted molar refractivity (Wildman–Crippen MR) is 70.4 cm³/mol. The van der Waals surface area contributed by atoms with Gasteiger partial charge in [-0.25, -0.2) is 4.79 Å². The van der Waals surface area contributed by atoms with Crippen molar-refractivity contribution in [3.05, 3.63) is 40.0 Å². The number of carbonyl (C=O) groups excluding carboxylic acids is 1. The van der Waals surface area contributed by atoms with Crippen molar-refractivity contribution < 1.29 is 9.53 Å². The third-order valence-corrected chi connectivity index (χ3v) is 2.54. The first-order chi connectivity index (χ1) is 9.20. The first-order valence-electron chi connectivity index (χ1n) is 6.02. The van der Waals surface area contributed by atoms with Crippen molar-refractivity contribution in [1.29, 1.82) is 0 Å². The predicted octanol–water partition coefficient (Wildman–Crippen LogP) is 1.89. The van der Waals surface area contributed by atoms with Crippen LogP contribution in [-0.2, 0) is 9.53 Å². The fraction of sp³-hybridized carbons (Fsp3) is 0.500. The van der Waals surface area contributed by atoms with Gasteiger partial charge in [0.25, 0.3) is 0 Å². The van der Waals surface area contributed by atoms with Gasteiger partial charge in [-0.2, -0.15) is 0 Å². The standard InChI is InChI=1S/C12H17N5O2/c1-3-19-12(18)11(15-6-7-16-17-13)10-8-14-5-4-9(10)2/h4-5,8,11,15H,3,6-7H2,1-2H3. The maximum atomic E-state index is 11.9. The first kappa shape index (κ1) is 14.9. The molecule has 102 valence electrons. The summed E-state index contributed by atoms with van der Waals surface area (Å²) in [5.41, 5.74) is 9.93. The van der Waals surface area contributed by atoms with Crippen LogP contribution in [0.5, 0.6) is 0 Å². The molecule has 0 bridgehead atoms. The van der Waals surface area contributed by atoms with Crippen molar-refractivity contribution in [2.75, 3.05) is 19.7 Å². The van der Waals surface area contributed by atoms with Crippen LogP contribution in [-0.4, -0.2) is 30.6 Å². The molecule has 0 saturated carbocycles. The van der Waals surface area contributed by atoms with Crippen LogP contribution in [0.1, 0.15) is 24.1 Å². The number of carbonyl (C=O) groups is 1. The van der Waals surface area contributed by atoms with Crippen LogP contribution in [0.15, 0.2) is 23.6 Å². The van der Waals surface area contributed by atoms with Gasteiger partial charge in [-0.15, -0.1) is 0 Å². The number of nitrogens with one attached hydrogen (secondary N) is 1. The molecule has 0 radical (unpaired) electrons. The maximum Gasteiger partial charge on any atom is 0.327 e. The first-order valence-corrected chi connectivity index (χ1v) is 6.02. The van der Waals surface area contributed by atoms with Gasteiger partial charge in [0.1, 0.15) is 6.04 Å². The summed E-state index contributed by atoms with van der Waals surface area (Å²) in [5.74, 6) is -0.362. The highest BCUT2D eigenvalue weighted by molar-refractivity contribution is 5.78. The van der Waals surface area contributed by atoms with E-state index in [9.17, 15) is 4.79 Å². The maximum absolute atomic E-state index is 11.9. The number of esters is 1. The van der Waals surface area contributed by atoms with E-state index >= 15 is 0 Å². The molecule has 1 aromatic rings. The topological polar surface area (TPSA) is 100.0 Å². The Bertz CT molecular complexity index is 471. The highest BCUT2D eigenvalue weighted by Crippen LogP contribution is 2.17. The quantitative estimate of drug-likeness (QED) is 0.267. The van der Waals surface area contributed by atoms with Crippen LogP contribution >= 0.6 is 0 Å². The molecular formula is C12H17N5O2. The van der Waals surface area contributed by atoms with Gasteiger partial charge < -0.3 is 10.1 Å². The molecule has 1 rings (SSSR count). The molecule has 1 unspecified atom stereocenters. The number of pyridine rings is 1. The Balaban J connectivity index is 2.83. The lowest BCUT2D eigenvalue weighted by atomic mass is 10.0. The summed E-state index contributed by atoms with van der Waals surface area (Å²) in [7, 11) is 0. The smallest absolute Gasteiger partial charge is 0.327 e. The SMILES string of the molecule is CCOC(=O)C(NCCN=[N+]=[N-])c1cnccc1C. The van der Waals surface area contributed by atoms with Crippen LogP contribution in [0.4, 0.5) is 0 Å². The van der Waals surface area contributed by atoms with Crippen molar-refractivity contribution in [3.8, 4) is 0 Å². The molecule has 0 aliphatic carbocycles. The third-order valence-electron chi connectivity index (χ3n) is 2.54. The summed E-state index contributed by atoms with van der Waals surface area (Å²) >= 11 is 0. The number of hydrogen-bond acceptors (Lipinski definition) is 5. The molecule has 0 aromatic carbocycles. The van der Waals surface area contributed by atoms with E-state index in [0.29, 0.717) is 13.2 Å². The zero-order chi connectivity index (χ0) is 14.1. The molecule has 1 atom stereocenters. The second-order valence-electron chi connectivity index (χ2n) is 3.83. The van der Waals surface area contributed by atoms with Gasteiger partial charge in [-0.05, 0) is 31.0 Å². The molecule has 1 heterocycles. The molecule has 0 saturated heterocycles. The van der Waals surface area contributed by atoms with Gasteiger partial charge in [-0.1, -0.05) is 5.11 Å². The summed E-state index contributed by atoms with van der Waals surface area (Å²) in [6.45, 7) is 4.63. The highest BCUT2D eigenvalue weighted by atomic mass is 16.5. The van der Waals surface area contributed by atoms with Gasteiger partial charge in [0.2, 0.25) is 0 Å². The Morgan fingerprint density at radius 3 is 3.11 bits per heavy atom. The zero-order valence-corrected chi connectivity index (χ0v) is 11.0. The number of nitrogens with zero attached hydrogens (tertiary/aromatic N) is 4. The number of aryl methyl sites for hydroxylation is 1. The lowest BCUT2D eigenvalue weighted by Gasteiger charge is -2.18. The summed E-state index contributed by atoms with van der Waals surface area (Å²) in [4.78, 5) is 18.6. The summed E-state index contributed by atoms with van der Waals surface area (Å²) in [6.07, 6.45) is 3.30. The monoisotopic (exact) mass is 263 g/mol. The van der Waals surface area contributed by atoms with E-state index in [0.717, 1.165) is 11.1 Å². The number of azide groups is 1. The van der Waals surface area contributed by atoms with Crippen LogP contribution in [0.3, 0.4) is 0 Å². The minimum Gasteiger partial charge on any atom is -0.465 e. The second-order valence-corrected chi connectivity index (χ2v) is 3.83. The van der Waals surface area contributed by atoms with E-state index in [4.69, 9.17) is 10.3 Å². The fourth-order valence-electron chi connectivity index (χ4n) is 1.63. The van der Waals surface area contributed by atoms with Gasteiger partial charge in [0.05, 0.1) is 6.61 Å². The zero-order valence-electron chi connectivity index (χ0n) is 11.0. The molecule has 0 aliphatic heterocycles. The van der Waals surface area contributed by atoms with E-state index in [1.165, 1.54) is 0 Å². The Hall–Kier alpha value is -2.11. The van der Waals surface area contributed by atoms with Crippen molar-refractivity contribution in [1.82, 2.24) is 10.3 Å². The van der Waals surface area contributed by atoms with Gasteiger partial charge >= 0.3 is 5.97 Å². The number of hydrogen-bond donors (Lipinski definition) is 1. The number of rotatable bonds is 7. The Labute approximate surface area is 111 Å². The van der Waals surface area contributed by atoms with Crippen LogP contribution in [0, 0.1) is 6.92 Å². The Morgan fingerprint density at radius 1 is 1.68 bits per heavy atom. The largest absolute Gasteiger partial charge is 0.465 e. The van der Waals surface area contributed by atoms with E-state index in [2.05, 4.69) is 20.3 Å². The second kappa shape index (κ2) is 8.07. The van der Waals surface area contributed by atoms with Crippen LogP contribution in [0.25, 0.3) is 10.4 Å². The minimum atomic E-state index is -0.595.